The van der Waals surface area contributed by atoms with E-state index in [1.54, 1.807) is 30.3 Å². The van der Waals surface area contributed by atoms with Gasteiger partial charge in [-0.15, -0.1) is 11.6 Å². The van der Waals surface area contributed by atoms with Gasteiger partial charge in [-0.05, 0) is 18.2 Å². The van der Waals surface area contributed by atoms with Crippen molar-refractivity contribution in [2.45, 2.75) is 0 Å². The number of nitrogens with zero attached hydrogens (tertiary/aromatic N) is 1. The van der Waals surface area contributed by atoms with Crippen molar-refractivity contribution in [3.63, 3.8) is 0 Å². The summed E-state index contributed by atoms with van der Waals surface area (Å²) in [5.41, 5.74) is 0.667. The van der Waals surface area contributed by atoms with E-state index in [9.17, 15) is 4.79 Å². The fraction of sp³-hybridized carbons (Fsp3) is 0.167. The Labute approximate surface area is 115 Å². The van der Waals surface area contributed by atoms with E-state index < -0.39 is 5.91 Å². The third-order valence-corrected chi connectivity index (χ3v) is 2.38. The lowest BCUT2D eigenvalue weighted by Crippen LogP contribution is -2.26. The number of nitrogens with one attached hydrogen (secondary N) is 2. The van der Waals surface area contributed by atoms with Crippen molar-refractivity contribution >= 4 is 34.8 Å². The zero-order chi connectivity index (χ0) is 13.4. The van der Waals surface area contributed by atoms with Crippen molar-refractivity contribution in [3.05, 3.63) is 41.1 Å². The fourth-order valence-electron chi connectivity index (χ4n) is 1.14. The Bertz CT molecular complexity index is 494. The summed E-state index contributed by atoms with van der Waals surface area (Å²) in [5, 5.41) is 14.8. The molecule has 0 saturated carbocycles. The molecule has 4 nitrogen and oxygen atoms in total. The molecule has 1 aromatic rings. The minimum atomic E-state index is -0.465. The van der Waals surface area contributed by atoms with E-state index in [4.69, 9.17) is 28.5 Å². The van der Waals surface area contributed by atoms with E-state index in [-0.39, 0.29) is 5.57 Å². The van der Waals surface area contributed by atoms with Gasteiger partial charge in [0.05, 0.1) is 0 Å². The van der Waals surface area contributed by atoms with E-state index in [2.05, 4.69) is 10.6 Å². The highest BCUT2D eigenvalue weighted by Crippen LogP contribution is 2.15. The first-order chi connectivity index (χ1) is 8.67. The number of amides is 1. The Morgan fingerprint density at radius 1 is 1.50 bits per heavy atom. The van der Waals surface area contributed by atoms with Gasteiger partial charge >= 0.3 is 0 Å². The second-order valence-corrected chi connectivity index (χ2v) is 4.08. The summed E-state index contributed by atoms with van der Waals surface area (Å²) in [6, 6.07) is 8.76. The van der Waals surface area contributed by atoms with E-state index in [0.717, 1.165) is 0 Å². The van der Waals surface area contributed by atoms with Crippen LogP contribution in [-0.4, -0.2) is 18.3 Å². The van der Waals surface area contributed by atoms with Crippen LogP contribution in [0, 0.1) is 11.3 Å². The largest absolute Gasteiger partial charge is 0.360 e. The van der Waals surface area contributed by atoms with Crippen molar-refractivity contribution < 1.29 is 4.79 Å². The van der Waals surface area contributed by atoms with Gasteiger partial charge in [-0.3, -0.25) is 4.79 Å². The smallest absolute Gasteiger partial charge is 0.263 e. The summed E-state index contributed by atoms with van der Waals surface area (Å²) in [7, 11) is 0. The topological polar surface area (TPSA) is 64.9 Å². The monoisotopic (exact) mass is 283 g/mol. The van der Waals surface area contributed by atoms with Crippen LogP contribution in [0.5, 0.6) is 0 Å². The van der Waals surface area contributed by atoms with Gasteiger partial charge in [0.2, 0.25) is 0 Å². The molecule has 1 rings (SSSR count). The third kappa shape index (κ3) is 4.66. The number of anilines is 1. The molecule has 0 atom stereocenters. The normalized spacial score (nSPS) is 10.6. The predicted molar refractivity (Wildman–Crippen MR) is 72.5 cm³/mol. The van der Waals surface area contributed by atoms with Crippen LogP contribution in [-0.2, 0) is 4.79 Å². The molecular formula is C12H11Cl2N3O. The summed E-state index contributed by atoms with van der Waals surface area (Å²) in [6.07, 6.45) is 1.33. The lowest BCUT2D eigenvalue weighted by atomic mass is 10.3. The van der Waals surface area contributed by atoms with E-state index in [1.165, 1.54) is 6.20 Å². The van der Waals surface area contributed by atoms with Gasteiger partial charge < -0.3 is 10.6 Å². The highest BCUT2D eigenvalue weighted by atomic mass is 35.5. The number of alkyl halides is 1. The summed E-state index contributed by atoms with van der Waals surface area (Å²) < 4.78 is 0. The zero-order valence-electron chi connectivity index (χ0n) is 9.41. The van der Waals surface area contributed by atoms with Gasteiger partial charge in [0.25, 0.3) is 5.91 Å². The van der Waals surface area contributed by atoms with Crippen molar-refractivity contribution in [1.82, 2.24) is 5.32 Å². The molecule has 0 spiro atoms. The van der Waals surface area contributed by atoms with Gasteiger partial charge in [-0.1, -0.05) is 17.7 Å². The quantitative estimate of drug-likeness (QED) is 0.496. The molecule has 0 heterocycles. The molecule has 6 heteroatoms. The molecule has 0 saturated heterocycles. The zero-order valence-corrected chi connectivity index (χ0v) is 10.9. The average molecular weight is 284 g/mol. The summed E-state index contributed by atoms with van der Waals surface area (Å²) in [5.74, 6) is -0.167. The van der Waals surface area contributed by atoms with E-state index in [1.807, 2.05) is 0 Å². The molecule has 2 N–H and O–H groups in total. The Balaban J connectivity index is 2.69. The van der Waals surface area contributed by atoms with Crippen LogP contribution in [0.15, 0.2) is 36.0 Å². The standard InChI is InChI=1S/C12H11Cl2N3O/c13-4-5-16-12(18)9(7-15)8-17-11-3-1-2-10(14)6-11/h1-3,6,8,17H,4-5H2,(H,16,18)/b9-8-. The fourth-order valence-corrected chi connectivity index (χ4v) is 1.42. The maximum absolute atomic E-state index is 11.5. The average Bonchev–Trinajstić information content (AvgIpc) is 2.37. The van der Waals surface area contributed by atoms with Gasteiger partial charge in [-0.25, -0.2) is 0 Å². The van der Waals surface area contributed by atoms with Crippen LogP contribution in [0.25, 0.3) is 0 Å². The van der Waals surface area contributed by atoms with Gasteiger partial charge in [0.15, 0.2) is 0 Å². The summed E-state index contributed by atoms with van der Waals surface area (Å²) in [4.78, 5) is 11.5. The lowest BCUT2D eigenvalue weighted by molar-refractivity contribution is -0.117. The molecule has 0 fully saturated rings. The molecule has 0 radical (unpaired) electrons. The van der Waals surface area contributed by atoms with Crippen LogP contribution in [0.2, 0.25) is 5.02 Å². The number of carbonyl (C=O) groups excluding carboxylic acids is 1. The second-order valence-electron chi connectivity index (χ2n) is 3.27. The maximum atomic E-state index is 11.5. The van der Waals surface area contributed by atoms with Crippen LogP contribution >= 0.6 is 23.2 Å². The van der Waals surface area contributed by atoms with Crippen molar-refractivity contribution in [1.29, 1.82) is 5.26 Å². The maximum Gasteiger partial charge on any atom is 0.263 e. The predicted octanol–water partition coefficient (Wildman–Crippen LogP) is 2.51. The number of carbonyl (C=O) groups is 1. The van der Waals surface area contributed by atoms with Crippen molar-refractivity contribution in [3.8, 4) is 6.07 Å². The Morgan fingerprint density at radius 3 is 2.89 bits per heavy atom. The molecule has 1 aromatic carbocycles. The van der Waals surface area contributed by atoms with E-state index in [0.29, 0.717) is 23.1 Å². The van der Waals surface area contributed by atoms with Gasteiger partial charge in [-0.2, -0.15) is 5.26 Å². The van der Waals surface area contributed by atoms with E-state index >= 15 is 0 Å². The Kier molecular flexibility index (Phi) is 6.06. The van der Waals surface area contributed by atoms with Crippen molar-refractivity contribution in [2.24, 2.45) is 0 Å². The summed E-state index contributed by atoms with van der Waals surface area (Å²) >= 11 is 11.2. The molecule has 0 aromatic heterocycles. The minimum absolute atomic E-state index is 0.0277. The molecular weight excluding hydrogens is 273 g/mol. The van der Waals surface area contributed by atoms with Crippen LogP contribution in [0.4, 0.5) is 5.69 Å². The number of hydrogen-bond donors (Lipinski definition) is 2. The number of halogens is 2. The molecule has 0 aliphatic carbocycles. The third-order valence-electron chi connectivity index (χ3n) is 1.95. The summed E-state index contributed by atoms with van der Waals surface area (Å²) in [6.45, 7) is 0.316. The number of benzene rings is 1. The van der Waals surface area contributed by atoms with Crippen LogP contribution in [0.3, 0.4) is 0 Å². The SMILES string of the molecule is N#C/C(=C/Nc1cccc(Cl)c1)C(=O)NCCCl. The first kappa shape index (κ1) is 14.4. The highest BCUT2D eigenvalue weighted by Gasteiger charge is 2.07. The van der Waals surface area contributed by atoms with Crippen LogP contribution < -0.4 is 10.6 Å². The van der Waals surface area contributed by atoms with Crippen LogP contribution in [0.1, 0.15) is 0 Å². The molecule has 94 valence electrons. The first-order valence-electron chi connectivity index (χ1n) is 5.14. The van der Waals surface area contributed by atoms with Gasteiger partial charge in [0.1, 0.15) is 11.6 Å². The Morgan fingerprint density at radius 2 is 2.28 bits per heavy atom. The highest BCUT2D eigenvalue weighted by molar-refractivity contribution is 6.30. The number of hydrogen-bond acceptors (Lipinski definition) is 3. The molecule has 18 heavy (non-hydrogen) atoms. The lowest BCUT2D eigenvalue weighted by Gasteiger charge is -2.03. The number of rotatable bonds is 5. The molecule has 1 amide bonds. The number of nitriles is 1. The molecule has 0 aliphatic rings. The molecule has 0 aliphatic heterocycles. The molecule has 0 unspecified atom stereocenters. The van der Waals surface area contributed by atoms with Gasteiger partial charge in [0, 0.05) is 29.3 Å². The minimum Gasteiger partial charge on any atom is -0.360 e. The Hall–Kier alpha value is -1.70. The second kappa shape index (κ2) is 7.59. The molecule has 0 bridgehead atoms. The first-order valence-corrected chi connectivity index (χ1v) is 6.05. The van der Waals surface area contributed by atoms with Crippen molar-refractivity contribution in [2.75, 3.05) is 17.7 Å².